The van der Waals surface area contributed by atoms with Gasteiger partial charge in [-0.05, 0) is 54.4 Å². The first-order valence-corrected chi connectivity index (χ1v) is 6.91. The van der Waals surface area contributed by atoms with Crippen molar-refractivity contribution >= 4 is 0 Å². The Bertz CT molecular complexity index is 504. The molecule has 100 valence electrons. The monoisotopic (exact) mass is 254 g/mol. The molecule has 1 nitrogen and oxygen atoms in total. The summed E-state index contributed by atoms with van der Waals surface area (Å²) in [7, 11) is 0. The second-order valence-electron chi connectivity index (χ2n) is 5.31. The lowest BCUT2D eigenvalue weighted by Gasteiger charge is -2.32. The first-order chi connectivity index (χ1) is 9.13. The van der Waals surface area contributed by atoms with Crippen molar-refractivity contribution in [2.24, 2.45) is 5.92 Å². The molecule has 0 amide bonds. The highest BCUT2D eigenvalue weighted by atomic mass is 16.3. The highest BCUT2D eigenvalue weighted by Crippen LogP contribution is 2.41. The van der Waals surface area contributed by atoms with Crippen LogP contribution in [0.1, 0.15) is 38.2 Å². The van der Waals surface area contributed by atoms with Crippen molar-refractivity contribution in [3.8, 4) is 0 Å². The van der Waals surface area contributed by atoms with E-state index in [1.165, 1.54) is 16.7 Å². The third kappa shape index (κ3) is 2.98. The van der Waals surface area contributed by atoms with E-state index in [-0.39, 0.29) is 0 Å². The standard InChI is InChI=1S/C18H22O/c1-4-15-10-11-17(16-8-6-5-7-9-16)14(3)18(15)12-13(2)19/h4-9,12,14,17,19H,1,10-11H2,2-3H3/b13-12+. The number of hydrogen-bond donors (Lipinski definition) is 1. The van der Waals surface area contributed by atoms with Crippen molar-refractivity contribution < 1.29 is 5.11 Å². The average molecular weight is 254 g/mol. The van der Waals surface area contributed by atoms with Crippen LogP contribution in [-0.2, 0) is 0 Å². The summed E-state index contributed by atoms with van der Waals surface area (Å²) in [4.78, 5) is 0. The molecule has 0 saturated carbocycles. The first-order valence-electron chi connectivity index (χ1n) is 6.91. The molecule has 19 heavy (non-hydrogen) atoms. The summed E-state index contributed by atoms with van der Waals surface area (Å²) in [6, 6.07) is 10.7. The van der Waals surface area contributed by atoms with Crippen LogP contribution in [0.4, 0.5) is 0 Å². The summed E-state index contributed by atoms with van der Waals surface area (Å²) in [6.07, 6.45) is 6.02. The van der Waals surface area contributed by atoms with Crippen molar-refractivity contribution in [3.05, 3.63) is 71.5 Å². The Labute approximate surface area is 116 Å². The summed E-state index contributed by atoms with van der Waals surface area (Å²) < 4.78 is 0. The van der Waals surface area contributed by atoms with Crippen molar-refractivity contribution in [2.75, 3.05) is 0 Å². The number of allylic oxidation sites excluding steroid dienone is 5. The third-order valence-corrected chi connectivity index (χ3v) is 4.03. The second kappa shape index (κ2) is 5.92. The van der Waals surface area contributed by atoms with Crippen molar-refractivity contribution in [3.63, 3.8) is 0 Å². The molecule has 0 saturated heterocycles. The van der Waals surface area contributed by atoms with Gasteiger partial charge in [0, 0.05) is 0 Å². The van der Waals surface area contributed by atoms with Crippen LogP contribution < -0.4 is 0 Å². The molecule has 0 fully saturated rings. The third-order valence-electron chi connectivity index (χ3n) is 4.03. The van der Waals surface area contributed by atoms with Crippen molar-refractivity contribution in [2.45, 2.75) is 32.6 Å². The fraction of sp³-hybridized carbons (Fsp3) is 0.333. The van der Waals surface area contributed by atoms with E-state index in [1.807, 2.05) is 12.2 Å². The highest BCUT2D eigenvalue weighted by Gasteiger charge is 2.27. The van der Waals surface area contributed by atoms with E-state index in [9.17, 15) is 5.11 Å². The van der Waals surface area contributed by atoms with Crippen LogP contribution in [0, 0.1) is 5.92 Å². The SMILES string of the molecule is C=CC1=C(/C=C(\C)O)C(C)C(c2ccccc2)CC1. The smallest absolute Gasteiger partial charge is 0.0894 e. The van der Waals surface area contributed by atoms with Crippen LogP contribution in [0.5, 0.6) is 0 Å². The van der Waals surface area contributed by atoms with E-state index >= 15 is 0 Å². The molecule has 1 aromatic rings. The molecule has 1 aromatic carbocycles. The molecule has 2 rings (SSSR count). The average Bonchev–Trinajstić information content (AvgIpc) is 2.41. The molecule has 0 heterocycles. The molecule has 0 bridgehead atoms. The highest BCUT2D eigenvalue weighted by molar-refractivity contribution is 5.40. The minimum Gasteiger partial charge on any atom is -0.513 e. The van der Waals surface area contributed by atoms with Gasteiger partial charge >= 0.3 is 0 Å². The van der Waals surface area contributed by atoms with Crippen LogP contribution >= 0.6 is 0 Å². The zero-order valence-electron chi connectivity index (χ0n) is 11.8. The molecule has 1 aliphatic carbocycles. The van der Waals surface area contributed by atoms with Crippen molar-refractivity contribution in [1.82, 2.24) is 0 Å². The predicted octanol–water partition coefficient (Wildman–Crippen LogP) is 5.14. The summed E-state index contributed by atoms with van der Waals surface area (Å²) in [5.74, 6) is 1.30. The maximum Gasteiger partial charge on any atom is 0.0894 e. The van der Waals surface area contributed by atoms with Crippen molar-refractivity contribution in [1.29, 1.82) is 0 Å². The summed E-state index contributed by atoms with van der Waals surface area (Å²) in [6.45, 7) is 7.88. The van der Waals surface area contributed by atoms with Gasteiger partial charge in [-0.2, -0.15) is 0 Å². The molecule has 0 aromatic heterocycles. The van der Waals surface area contributed by atoms with Crippen LogP contribution in [0.15, 0.2) is 66.0 Å². The van der Waals surface area contributed by atoms with Gasteiger partial charge in [0.1, 0.15) is 0 Å². The molecular formula is C18H22O. The maximum absolute atomic E-state index is 9.59. The van der Waals surface area contributed by atoms with Crippen LogP contribution in [0.25, 0.3) is 0 Å². The van der Waals surface area contributed by atoms with Gasteiger partial charge in [-0.15, -0.1) is 0 Å². The number of rotatable bonds is 3. The number of aliphatic hydroxyl groups excluding tert-OH is 1. The van der Waals surface area contributed by atoms with Gasteiger partial charge in [0.15, 0.2) is 0 Å². The van der Waals surface area contributed by atoms with E-state index in [4.69, 9.17) is 0 Å². The molecule has 1 heteroatoms. The fourth-order valence-corrected chi connectivity index (χ4v) is 3.04. The Morgan fingerprint density at radius 2 is 2.00 bits per heavy atom. The van der Waals surface area contributed by atoms with Crippen LogP contribution in [-0.4, -0.2) is 5.11 Å². The fourth-order valence-electron chi connectivity index (χ4n) is 3.04. The Morgan fingerprint density at radius 1 is 1.32 bits per heavy atom. The van der Waals surface area contributed by atoms with E-state index in [0.717, 1.165) is 12.8 Å². The molecule has 2 unspecified atom stereocenters. The normalized spacial score (nSPS) is 24.4. The van der Waals surface area contributed by atoms with Gasteiger partial charge in [0.25, 0.3) is 0 Å². The van der Waals surface area contributed by atoms with E-state index in [2.05, 4.69) is 43.8 Å². The number of aliphatic hydroxyl groups is 1. The Hall–Kier alpha value is -1.76. The number of hydrogen-bond acceptors (Lipinski definition) is 1. The lowest BCUT2D eigenvalue weighted by molar-refractivity contribution is 0.408. The zero-order valence-corrected chi connectivity index (χ0v) is 11.8. The quantitative estimate of drug-likeness (QED) is 0.740. The van der Waals surface area contributed by atoms with Gasteiger partial charge in [-0.3, -0.25) is 0 Å². The summed E-state index contributed by atoms with van der Waals surface area (Å²) in [5, 5.41) is 9.59. The first kappa shape index (κ1) is 13.7. The summed E-state index contributed by atoms with van der Waals surface area (Å²) in [5.41, 5.74) is 3.89. The molecule has 2 atom stereocenters. The zero-order chi connectivity index (χ0) is 13.8. The van der Waals surface area contributed by atoms with Crippen LogP contribution in [0.2, 0.25) is 0 Å². The van der Waals surface area contributed by atoms with E-state index in [0.29, 0.717) is 17.6 Å². The Morgan fingerprint density at radius 3 is 2.58 bits per heavy atom. The molecule has 0 aliphatic heterocycles. The van der Waals surface area contributed by atoms with Crippen LogP contribution in [0.3, 0.4) is 0 Å². The second-order valence-corrected chi connectivity index (χ2v) is 5.31. The summed E-state index contributed by atoms with van der Waals surface area (Å²) >= 11 is 0. The minimum atomic E-state index is 0.370. The lowest BCUT2D eigenvalue weighted by atomic mass is 9.72. The Kier molecular flexibility index (Phi) is 4.26. The van der Waals surface area contributed by atoms with Gasteiger partial charge in [0.05, 0.1) is 5.76 Å². The van der Waals surface area contributed by atoms with E-state index in [1.54, 1.807) is 6.92 Å². The molecular weight excluding hydrogens is 232 g/mol. The van der Waals surface area contributed by atoms with Gasteiger partial charge in [-0.1, -0.05) is 49.9 Å². The molecule has 0 radical (unpaired) electrons. The largest absolute Gasteiger partial charge is 0.513 e. The molecule has 1 aliphatic rings. The van der Waals surface area contributed by atoms with Gasteiger partial charge in [0.2, 0.25) is 0 Å². The Balaban J connectivity index is 2.37. The molecule has 0 spiro atoms. The minimum absolute atomic E-state index is 0.370. The molecule has 1 N–H and O–H groups in total. The maximum atomic E-state index is 9.59. The lowest BCUT2D eigenvalue weighted by Crippen LogP contribution is -2.18. The predicted molar refractivity (Wildman–Crippen MR) is 81.2 cm³/mol. The number of benzene rings is 1. The topological polar surface area (TPSA) is 20.2 Å². The van der Waals surface area contributed by atoms with Gasteiger partial charge < -0.3 is 5.11 Å². The van der Waals surface area contributed by atoms with E-state index < -0.39 is 0 Å². The van der Waals surface area contributed by atoms with Gasteiger partial charge in [-0.25, -0.2) is 0 Å².